The number of amides is 3. The Balaban J connectivity index is 1.54. The van der Waals surface area contributed by atoms with Gasteiger partial charge in [0.15, 0.2) is 0 Å². The average molecular weight is 1080 g/mol. The Hall–Kier alpha value is -3.01. The largest absolute Gasteiger partial charge is 0.449 e. The van der Waals surface area contributed by atoms with Gasteiger partial charge in [-0.1, -0.05) is 172 Å². The zero-order chi connectivity index (χ0) is 53.3. The van der Waals surface area contributed by atoms with Gasteiger partial charge >= 0.3 is 13.7 Å². The van der Waals surface area contributed by atoms with Crippen LogP contribution in [0.1, 0.15) is 180 Å². The highest BCUT2D eigenvalue weighted by atomic mass is 32.2. The molecule has 0 aliphatic heterocycles. The van der Waals surface area contributed by atoms with E-state index in [9.17, 15) is 18.9 Å². The summed E-state index contributed by atoms with van der Waals surface area (Å²) in [6.45, 7) is 13.4. The van der Waals surface area contributed by atoms with Gasteiger partial charge in [0.05, 0.1) is 71.7 Å². The number of unbranched alkanes of at least 4 members (excludes halogenated alkanes) is 17. The number of hydrogen-bond donors (Lipinski definition) is 3. The van der Waals surface area contributed by atoms with Gasteiger partial charge in [-0.25, -0.2) is 4.79 Å². The molecule has 14 nitrogen and oxygen atoms in total. The lowest BCUT2D eigenvalue weighted by atomic mass is 9.98. The lowest BCUT2D eigenvalue weighted by molar-refractivity contribution is -0.124. The molecule has 0 spiro atoms. The predicted molar refractivity (Wildman–Crippen MR) is 302 cm³/mol. The topological polar surface area (TPSA) is 169 Å². The number of carbonyl (C=O) groups is 3. The van der Waals surface area contributed by atoms with Crippen molar-refractivity contribution in [3.05, 3.63) is 59.7 Å². The first-order valence-electron chi connectivity index (χ1n) is 28.6. The van der Waals surface area contributed by atoms with Gasteiger partial charge in [0, 0.05) is 36.5 Å². The third kappa shape index (κ3) is 28.9. The van der Waals surface area contributed by atoms with Crippen LogP contribution in [0.25, 0.3) is 11.1 Å². The number of carbonyl (C=O) groups excluding carboxylic acids is 3. The third-order valence-electron chi connectivity index (χ3n) is 13.1. The summed E-state index contributed by atoms with van der Waals surface area (Å²) in [5, 5.41) is 9.13. The van der Waals surface area contributed by atoms with Crippen LogP contribution in [-0.4, -0.2) is 126 Å². The lowest BCUT2D eigenvalue weighted by Crippen LogP contribution is -2.51. The van der Waals surface area contributed by atoms with Gasteiger partial charge in [-0.15, -0.1) is 0 Å². The summed E-state index contributed by atoms with van der Waals surface area (Å²) in [7, 11) is -3.15. The second kappa shape index (κ2) is 42.1. The molecule has 0 heterocycles. The second-order valence-corrected chi connectivity index (χ2v) is 22.8. The standard InChI is InChI=1S/C58H98N3O11PS/c1-6-10-12-14-16-18-20-22-24-30-36-68-44-49(60-56(62)35-25-23-21-19-17-15-13-11-7-2)46-74-47-55(61-58(64)70-45-54-52-33-28-26-31-50(52)51-32-27-29-34-53(51)54)57(63)59-48(5)43-69-40-39-66-37-38-67-41-42-73(65,71-8-3)72-9-4/h26-29,31-34,48-49,54-55H,6-25,30,35-47H2,1-5H3,(H,59,63)(H,60,62)(H,61,64)/t48-,49+,55-/m0/s1. The minimum atomic E-state index is -3.15. The molecule has 0 radical (unpaired) electrons. The molecular weight excluding hydrogens is 978 g/mol. The maximum Gasteiger partial charge on any atom is 0.407 e. The number of hydrogen-bond acceptors (Lipinski definition) is 12. The number of rotatable bonds is 48. The van der Waals surface area contributed by atoms with Crippen LogP contribution in [-0.2, 0) is 46.9 Å². The Kier molecular flexibility index (Phi) is 37.1. The number of alkyl carbamates (subject to hydrolysis) is 1. The quantitative estimate of drug-likeness (QED) is 0.0424. The summed E-state index contributed by atoms with van der Waals surface area (Å²) in [5.41, 5.74) is 4.46. The lowest BCUT2D eigenvalue weighted by Gasteiger charge is -2.23. The van der Waals surface area contributed by atoms with E-state index < -0.39 is 19.7 Å². The third-order valence-corrected chi connectivity index (χ3v) is 16.3. The predicted octanol–water partition coefficient (Wildman–Crippen LogP) is 12.8. The number of ether oxygens (including phenoxy) is 5. The first kappa shape index (κ1) is 65.3. The molecule has 0 aromatic heterocycles. The summed E-state index contributed by atoms with van der Waals surface area (Å²) < 4.78 is 52.3. The van der Waals surface area contributed by atoms with Crippen LogP contribution < -0.4 is 16.0 Å². The number of fused-ring (bicyclic) bond motifs is 3. The van der Waals surface area contributed by atoms with Crippen molar-refractivity contribution in [1.82, 2.24) is 16.0 Å². The van der Waals surface area contributed by atoms with Crippen LogP contribution in [0.3, 0.4) is 0 Å². The molecule has 0 saturated carbocycles. The van der Waals surface area contributed by atoms with E-state index in [4.69, 9.17) is 32.7 Å². The summed E-state index contributed by atoms with van der Waals surface area (Å²) in [5.74, 6) is 0.274. The van der Waals surface area contributed by atoms with Crippen molar-refractivity contribution < 1.29 is 51.7 Å². The molecule has 0 bridgehead atoms. The van der Waals surface area contributed by atoms with Crippen LogP contribution >= 0.6 is 19.4 Å². The van der Waals surface area contributed by atoms with E-state index in [2.05, 4.69) is 54.1 Å². The Bertz CT molecular complexity index is 1770. The molecular formula is C58H98N3O11PS. The van der Waals surface area contributed by atoms with Gasteiger partial charge in [-0.2, -0.15) is 11.8 Å². The van der Waals surface area contributed by atoms with Crippen molar-refractivity contribution in [3.8, 4) is 11.1 Å². The summed E-state index contributed by atoms with van der Waals surface area (Å²) in [6.07, 6.45) is 23.1. The van der Waals surface area contributed by atoms with Crippen molar-refractivity contribution in [1.29, 1.82) is 0 Å². The SMILES string of the molecule is CCCCCCCCCCCCOC[C@H](CSC[C@H](NC(=O)OCC1c2ccccc2-c2ccccc21)C(=O)N[C@@H](C)COCCOCCOCCP(=O)(OCC)OCC)NC(=O)CCCCCCCCCCC. The smallest absolute Gasteiger partial charge is 0.407 e. The van der Waals surface area contributed by atoms with Crippen molar-refractivity contribution in [2.24, 2.45) is 0 Å². The highest BCUT2D eigenvalue weighted by Gasteiger charge is 2.30. The molecule has 1 aliphatic carbocycles. The minimum Gasteiger partial charge on any atom is -0.449 e. The summed E-state index contributed by atoms with van der Waals surface area (Å²) >= 11 is 1.49. The van der Waals surface area contributed by atoms with Gasteiger partial charge in [0.1, 0.15) is 12.6 Å². The summed E-state index contributed by atoms with van der Waals surface area (Å²) in [4.78, 5) is 40.9. The molecule has 16 heteroatoms. The molecule has 3 amide bonds. The number of nitrogens with one attached hydrogen (secondary N) is 3. The van der Waals surface area contributed by atoms with E-state index in [0.717, 1.165) is 54.4 Å². The Labute approximate surface area is 451 Å². The van der Waals surface area contributed by atoms with Crippen LogP contribution in [0.15, 0.2) is 48.5 Å². The molecule has 2 aromatic rings. The average Bonchev–Trinajstić information content (AvgIpc) is 3.71. The molecule has 3 atom stereocenters. The fourth-order valence-corrected chi connectivity index (χ4v) is 11.6. The molecule has 3 rings (SSSR count). The Morgan fingerprint density at radius 1 is 0.568 bits per heavy atom. The molecule has 0 saturated heterocycles. The van der Waals surface area contributed by atoms with E-state index in [1.807, 2.05) is 31.2 Å². The molecule has 2 aromatic carbocycles. The van der Waals surface area contributed by atoms with Gasteiger partial charge in [-0.05, 0) is 55.9 Å². The van der Waals surface area contributed by atoms with Crippen LogP contribution in [0, 0.1) is 0 Å². The molecule has 3 N–H and O–H groups in total. The van der Waals surface area contributed by atoms with E-state index in [1.54, 1.807) is 13.8 Å². The maximum atomic E-state index is 14.0. The monoisotopic (exact) mass is 1080 g/mol. The fraction of sp³-hybridized carbons (Fsp3) is 0.741. The van der Waals surface area contributed by atoms with E-state index >= 15 is 0 Å². The van der Waals surface area contributed by atoms with Gasteiger partial charge in [0.2, 0.25) is 11.8 Å². The van der Waals surface area contributed by atoms with Crippen molar-refractivity contribution in [2.75, 3.05) is 90.3 Å². The highest BCUT2D eigenvalue weighted by molar-refractivity contribution is 7.99. The first-order valence-corrected chi connectivity index (χ1v) is 31.5. The number of benzene rings is 2. The number of thioether (sulfide) groups is 1. The molecule has 74 heavy (non-hydrogen) atoms. The van der Waals surface area contributed by atoms with E-state index in [-0.39, 0.29) is 61.6 Å². The minimum absolute atomic E-state index is 0.0171. The van der Waals surface area contributed by atoms with Gasteiger partial charge < -0.3 is 48.7 Å². The normalized spacial score (nSPS) is 13.5. The molecule has 0 fully saturated rings. The molecule has 0 unspecified atom stereocenters. The second-order valence-electron chi connectivity index (χ2n) is 19.5. The van der Waals surface area contributed by atoms with Gasteiger partial charge in [-0.3, -0.25) is 14.2 Å². The van der Waals surface area contributed by atoms with Crippen molar-refractivity contribution in [2.45, 2.75) is 187 Å². The Morgan fingerprint density at radius 2 is 1.07 bits per heavy atom. The fourth-order valence-electron chi connectivity index (χ4n) is 9.06. The highest BCUT2D eigenvalue weighted by Crippen LogP contribution is 2.47. The van der Waals surface area contributed by atoms with Crippen LogP contribution in [0.5, 0.6) is 0 Å². The molecule has 1 aliphatic rings. The zero-order valence-electron chi connectivity index (χ0n) is 46.3. The van der Waals surface area contributed by atoms with E-state index in [0.29, 0.717) is 65.0 Å². The summed E-state index contributed by atoms with van der Waals surface area (Å²) in [6, 6.07) is 14.8. The van der Waals surface area contributed by atoms with Crippen LogP contribution in [0.4, 0.5) is 4.79 Å². The maximum absolute atomic E-state index is 14.0. The van der Waals surface area contributed by atoms with Crippen LogP contribution in [0.2, 0.25) is 0 Å². The zero-order valence-corrected chi connectivity index (χ0v) is 48.0. The van der Waals surface area contributed by atoms with Crippen molar-refractivity contribution in [3.63, 3.8) is 0 Å². The van der Waals surface area contributed by atoms with Gasteiger partial charge in [0.25, 0.3) is 0 Å². The Morgan fingerprint density at radius 3 is 1.64 bits per heavy atom. The van der Waals surface area contributed by atoms with Crippen molar-refractivity contribution >= 4 is 37.3 Å². The molecule has 422 valence electrons. The van der Waals surface area contributed by atoms with E-state index in [1.165, 1.54) is 102 Å². The first-order chi connectivity index (χ1) is 36.1.